The molecular weight excluding hydrogens is 182 g/mol. The molecule has 2 unspecified atom stereocenters. The van der Waals surface area contributed by atoms with Crippen molar-refractivity contribution in [3.63, 3.8) is 0 Å². The van der Waals surface area contributed by atoms with Gasteiger partial charge in [0.05, 0.1) is 6.07 Å². The van der Waals surface area contributed by atoms with E-state index in [2.05, 4.69) is 11.4 Å². The SMILES string of the molecule is N#CCCNC1CCC(N)C(=S)C1. The van der Waals surface area contributed by atoms with Crippen molar-refractivity contribution in [2.45, 2.75) is 37.8 Å². The second-order valence-corrected chi connectivity index (χ2v) is 3.94. The minimum atomic E-state index is 0.115. The lowest BCUT2D eigenvalue weighted by Gasteiger charge is -2.27. The Labute approximate surface area is 84.3 Å². The van der Waals surface area contributed by atoms with Crippen molar-refractivity contribution in [2.24, 2.45) is 5.73 Å². The number of nitrogens with two attached hydrogens (primary N) is 1. The Kier molecular flexibility index (Phi) is 4.29. The molecule has 0 radical (unpaired) electrons. The minimum Gasteiger partial charge on any atom is -0.324 e. The molecule has 4 heteroatoms. The fourth-order valence-electron chi connectivity index (χ4n) is 1.54. The van der Waals surface area contributed by atoms with E-state index in [1.54, 1.807) is 0 Å². The molecule has 1 aliphatic carbocycles. The molecule has 1 fully saturated rings. The van der Waals surface area contributed by atoms with Crippen molar-refractivity contribution < 1.29 is 0 Å². The van der Waals surface area contributed by atoms with Crippen LogP contribution in [0.4, 0.5) is 0 Å². The molecule has 0 aromatic heterocycles. The van der Waals surface area contributed by atoms with Gasteiger partial charge in [-0.15, -0.1) is 0 Å². The Balaban J connectivity index is 2.22. The third-order valence-corrected chi connectivity index (χ3v) is 2.83. The number of rotatable bonds is 3. The van der Waals surface area contributed by atoms with E-state index >= 15 is 0 Å². The van der Waals surface area contributed by atoms with Crippen LogP contribution in [0.15, 0.2) is 0 Å². The fourth-order valence-corrected chi connectivity index (χ4v) is 1.86. The summed E-state index contributed by atoms with van der Waals surface area (Å²) in [6.45, 7) is 0.763. The average molecular weight is 197 g/mol. The van der Waals surface area contributed by atoms with E-state index in [9.17, 15) is 0 Å². The van der Waals surface area contributed by atoms with Crippen molar-refractivity contribution in [3.05, 3.63) is 0 Å². The zero-order valence-corrected chi connectivity index (χ0v) is 8.44. The molecular formula is C9H15N3S. The molecule has 0 aromatic rings. The highest BCUT2D eigenvalue weighted by Gasteiger charge is 2.21. The highest BCUT2D eigenvalue weighted by molar-refractivity contribution is 7.80. The van der Waals surface area contributed by atoms with Gasteiger partial charge in [0.25, 0.3) is 0 Å². The standard InChI is InChI=1S/C9H15N3S/c10-4-1-5-12-7-2-3-8(11)9(13)6-7/h7-8,12H,1-3,5-6,11H2. The lowest BCUT2D eigenvalue weighted by Crippen LogP contribution is -2.43. The van der Waals surface area contributed by atoms with Crippen LogP contribution in [0, 0.1) is 11.3 Å². The molecule has 0 amide bonds. The molecule has 72 valence electrons. The normalized spacial score (nSPS) is 28.5. The van der Waals surface area contributed by atoms with Gasteiger partial charge in [-0.1, -0.05) is 12.2 Å². The lowest BCUT2D eigenvalue weighted by molar-refractivity contribution is 0.451. The van der Waals surface area contributed by atoms with E-state index in [1.165, 1.54) is 0 Å². The average Bonchev–Trinajstić information content (AvgIpc) is 2.12. The number of nitriles is 1. The Morgan fingerprint density at radius 2 is 2.38 bits per heavy atom. The summed E-state index contributed by atoms with van der Waals surface area (Å²) in [5.41, 5.74) is 5.77. The molecule has 1 rings (SSSR count). The van der Waals surface area contributed by atoms with Crippen molar-refractivity contribution in [1.82, 2.24) is 5.32 Å². The largest absolute Gasteiger partial charge is 0.324 e. The van der Waals surface area contributed by atoms with Gasteiger partial charge in [-0.3, -0.25) is 0 Å². The maximum atomic E-state index is 8.35. The third-order valence-electron chi connectivity index (χ3n) is 2.36. The van der Waals surface area contributed by atoms with Gasteiger partial charge in [0.15, 0.2) is 0 Å². The number of hydrogen-bond acceptors (Lipinski definition) is 4. The summed E-state index contributed by atoms with van der Waals surface area (Å²) in [5.74, 6) is 0. The smallest absolute Gasteiger partial charge is 0.0635 e. The number of thiocarbonyl (C=S) groups is 1. The van der Waals surface area contributed by atoms with Gasteiger partial charge in [-0.25, -0.2) is 0 Å². The van der Waals surface area contributed by atoms with Gasteiger partial charge in [-0.05, 0) is 19.3 Å². The van der Waals surface area contributed by atoms with Crippen molar-refractivity contribution in [1.29, 1.82) is 5.26 Å². The topological polar surface area (TPSA) is 61.8 Å². The first-order chi connectivity index (χ1) is 6.24. The van der Waals surface area contributed by atoms with E-state index < -0.39 is 0 Å². The molecule has 2 atom stereocenters. The van der Waals surface area contributed by atoms with Crippen LogP contribution in [0.1, 0.15) is 25.7 Å². The molecule has 1 aliphatic rings. The Bertz CT molecular complexity index is 221. The highest BCUT2D eigenvalue weighted by Crippen LogP contribution is 2.15. The van der Waals surface area contributed by atoms with E-state index in [0.717, 1.165) is 30.7 Å². The number of hydrogen-bond donors (Lipinski definition) is 2. The first kappa shape index (κ1) is 10.6. The molecule has 13 heavy (non-hydrogen) atoms. The molecule has 0 aliphatic heterocycles. The minimum absolute atomic E-state index is 0.115. The molecule has 0 spiro atoms. The van der Waals surface area contributed by atoms with Crippen LogP contribution in [-0.2, 0) is 0 Å². The Morgan fingerprint density at radius 1 is 1.62 bits per heavy atom. The zero-order chi connectivity index (χ0) is 9.68. The first-order valence-corrected chi connectivity index (χ1v) is 5.03. The second kappa shape index (κ2) is 5.28. The van der Waals surface area contributed by atoms with Crippen LogP contribution in [0.3, 0.4) is 0 Å². The summed E-state index contributed by atoms with van der Waals surface area (Å²) in [4.78, 5) is 0.973. The van der Waals surface area contributed by atoms with Gasteiger partial charge in [0.2, 0.25) is 0 Å². The summed E-state index contributed by atoms with van der Waals surface area (Å²) >= 11 is 5.15. The first-order valence-electron chi connectivity index (χ1n) is 4.62. The lowest BCUT2D eigenvalue weighted by atomic mass is 9.91. The quantitative estimate of drug-likeness (QED) is 0.517. The number of nitrogens with one attached hydrogen (secondary N) is 1. The molecule has 0 aromatic carbocycles. The van der Waals surface area contributed by atoms with E-state index in [-0.39, 0.29) is 6.04 Å². The molecule has 1 saturated carbocycles. The maximum absolute atomic E-state index is 8.35. The molecule has 0 bridgehead atoms. The van der Waals surface area contributed by atoms with Crippen LogP contribution in [-0.4, -0.2) is 23.5 Å². The Morgan fingerprint density at radius 3 is 3.00 bits per heavy atom. The molecule has 0 heterocycles. The zero-order valence-electron chi connectivity index (χ0n) is 7.62. The van der Waals surface area contributed by atoms with Crippen molar-refractivity contribution in [3.8, 4) is 6.07 Å². The summed E-state index contributed by atoms with van der Waals surface area (Å²) in [7, 11) is 0. The summed E-state index contributed by atoms with van der Waals surface area (Å²) in [6.07, 6.45) is 3.51. The molecule has 3 N–H and O–H groups in total. The number of nitrogens with zero attached hydrogens (tertiary/aromatic N) is 1. The molecule has 3 nitrogen and oxygen atoms in total. The fraction of sp³-hybridized carbons (Fsp3) is 0.778. The monoisotopic (exact) mass is 197 g/mol. The van der Waals surface area contributed by atoms with Crippen LogP contribution in [0.5, 0.6) is 0 Å². The highest BCUT2D eigenvalue weighted by atomic mass is 32.1. The summed E-state index contributed by atoms with van der Waals surface area (Å²) in [5, 5.41) is 11.7. The summed E-state index contributed by atoms with van der Waals surface area (Å²) in [6, 6.07) is 2.67. The van der Waals surface area contributed by atoms with Gasteiger partial charge in [0, 0.05) is 29.9 Å². The van der Waals surface area contributed by atoms with E-state index in [0.29, 0.717) is 12.5 Å². The van der Waals surface area contributed by atoms with Crippen LogP contribution in [0.2, 0.25) is 0 Å². The van der Waals surface area contributed by atoms with Gasteiger partial charge >= 0.3 is 0 Å². The summed E-state index contributed by atoms with van der Waals surface area (Å²) < 4.78 is 0. The van der Waals surface area contributed by atoms with Gasteiger partial charge in [0.1, 0.15) is 0 Å². The van der Waals surface area contributed by atoms with Crippen LogP contribution >= 0.6 is 12.2 Å². The third kappa shape index (κ3) is 3.39. The van der Waals surface area contributed by atoms with Crippen LogP contribution < -0.4 is 11.1 Å². The Hall–Kier alpha value is -0.500. The predicted molar refractivity (Wildman–Crippen MR) is 56.4 cm³/mol. The second-order valence-electron chi connectivity index (χ2n) is 3.41. The van der Waals surface area contributed by atoms with Crippen molar-refractivity contribution in [2.75, 3.05) is 6.54 Å². The van der Waals surface area contributed by atoms with Crippen molar-refractivity contribution >= 4 is 17.1 Å². The van der Waals surface area contributed by atoms with E-state index in [4.69, 9.17) is 23.2 Å². The van der Waals surface area contributed by atoms with Crippen LogP contribution in [0.25, 0.3) is 0 Å². The molecule has 0 saturated heterocycles. The van der Waals surface area contributed by atoms with Gasteiger partial charge < -0.3 is 11.1 Å². The van der Waals surface area contributed by atoms with E-state index in [1.807, 2.05) is 0 Å². The maximum Gasteiger partial charge on any atom is 0.0635 e. The van der Waals surface area contributed by atoms with Gasteiger partial charge in [-0.2, -0.15) is 5.26 Å². The predicted octanol–water partition coefficient (Wildman–Crippen LogP) is 0.739.